The highest BCUT2D eigenvalue weighted by Gasteiger charge is 2.32. The number of sulfonamides is 1. The summed E-state index contributed by atoms with van der Waals surface area (Å²) in [6.07, 6.45) is -0.300. The average molecular weight is 675 g/mol. The summed E-state index contributed by atoms with van der Waals surface area (Å²) in [6, 6.07) is 13.1. The Bertz CT molecular complexity index is 1490. The second-order valence-corrected chi connectivity index (χ2v) is 13.4. The normalized spacial score (nSPS) is 13.1. The summed E-state index contributed by atoms with van der Waals surface area (Å²) in [5.74, 6) is -2.21. The van der Waals surface area contributed by atoms with Gasteiger partial charge in [-0.2, -0.15) is 0 Å². The van der Waals surface area contributed by atoms with Gasteiger partial charge in [0.2, 0.25) is 17.8 Å². The number of benzene rings is 2. The van der Waals surface area contributed by atoms with E-state index >= 15 is 0 Å². The van der Waals surface area contributed by atoms with Crippen LogP contribution >= 0.6 is 0 Å². The van der Waals surface area contributed by atoms with Crippen LogP contribution in [0.5, 0.6) is 0 Å². The Morgan fingerprint density at radius 1 is 1.02 bits per heavy atom. The fraction of sp³-hybridized carbons (Fsp3) is 0.469. The van der Waals surface area contributed by atoms with E-state index in [4.69, 9.17) is 15.2 Å². The topological polar surface area (TPSA) is 199 Å². The quantitative estimate of drug-likeness (QED) is 0.0948. The van der Waals surface area contributed by atoms with Gasteiger partial charge in [-0.05, 0) is 64.7 Å². The van der Waals surface area contributed by atoms with Crippen LogP contribution in [0.4, 0.5) is 4.79 Å². The van der Waals surface area contributed by atoms with Gasteiger partial charge in [0.15, 0.2) is 0 Å². The maximum absolute atomic E-state index is 13.4. The number of nitrogens with two attached hydrogens (primary N) is 1. The molecule has 0 saturated carbocycles. The number of amides is 3. The molecular formula is C32H46N6O8S. The summed E-state index contributed by atoms with van der Waals surface area (Å²) in [6.45, 7) is 8.19. The zero-order valence-electron chi connectivity index (χ0n) is 27.7. The van der Waals surface area contributed by atoms with Crippen molar-refractivity contribution in [1.82, 2.24) is 20.3 Å². The van der Waals surface area contributed by atoms with Gasteiger partial charge in [0.1, 0.15) is 30.8 Å². The standard InChI is InChI=1S/C32H46N6O8S/c1-7-25(36-31(42)46-32(3,4)5)29(41)38(6)26(28(40)35-20-27(39)45-21-23-12-9-8-10-13-23)14-11-19-34-30(33)37-47(43,44)24-17-15-22(2)16-18-24/h8-10,12-13,15-18,25-26H,7,11,14,19-21H2,1-6H3,(H,35,40)(H,36,42)(H3,33,34,37)/t25-,26+/m1/s1. The highest BCUT2D eigenvalue weighted by molar-refractivity contribution is 7.90. The molecule has 0 radical (unpaired) electrons. The number of carbonyl (C=O) groups excluding carboxylic acids is 4. The summed E-state index contributed by atoms with van der Waals surface area (Å²) < 4.78 is 37.9. The molecule has 47 heavy (non-hydrogen) atoms. The van der Waals surface area contributed by atoms with E-state index < -0.39 is 58.1 Å². The molecule has 5 N–H and O–H groups in total. The van der Waals surface area contributed by atoms with E-state index in [1.54, 1.807) is 64.1 Å². The summed E-state index contributed by atoms with van der Waals surface area (Å²) >= 11 is 0. The molecule has 3 amide bonds. The minimum absolute atomic E-state index is 0.0144. The van der Waals surface area contributed by atoms with Crippen LogP contribution in [0.1, 0.15) is 58.1 Å². The number of esters is 1. The van der Waals surface area contributed by atoms with Crippen molar-refractivity contribution >= 4 is 39.9 Å². The first-order valence-corrected chi connectivity index (χ1v) is 16.6. The van der Waals surface area contributed by atoms with Crippen LogP contribution in [0.3, 0.4) is 0 Å². The minimum Gasteiger partial charge on any atom is -0.460 e. The maximum Gasteiger partial charge on any atom is 0.408 e. The van der Waals surface area contributed by atoms with Crippen LogP contribution in [-0.4, -0.2) is 81.0 Å². The lowest BCUT2D eigenvalue weighted by atomic mass is 10.1. The SMILES string of the molecule is CC[C@@H](NC(=O)OC(C)(C)C)C(=O)N(C)[C@@H](CCCN=C(N)NS(=O)(=O)c1ccc(C)cc1)C(=O)NCC(=O)OCc1ccccc1. The van der Waals surface area contributed by atoms with E-state index in [0.717, 1.165) is 11.1 Å². The van der Waals surface area contributed by atoms with Crippen LogP contribution in [0.2, 0.25) is 0 Å². The number of aryl methyl sites for hydroxylation is 1. The molecule has 2 aromatic carbocycles. The number of nitrogens with zero attached hydrogens (tertiary/aromatic N) is 2. The van der Waals surface area contributed by atoms with Crippen molar-refractivity contribution < 1.29 is 37.1 Å². The number of likely N-dealkylation sites (N-methyl/N-ethyl adjacent to an activating group) is 1. The molecule has 0 bridgehead atoms. The van der Waals surface area contributed by atoms with Crippen molar-refractivity contribution in [3.63, 3.8) is 0 Å². The third kappa shape index (κ3) is 13.7. The van der Waals surface area contributed by atoms with Gasteiger partial charge < -0.3 is 30.7 Å². The van der Waals surface area contributed by atoms with Crippen LogP contribution in [0.25, 0.3) is 0 Å². The first-order chi connectivity index (χ1) is 22.0. The molecule has 0 spiro atoms. The Kier molecular flexibility index (Phi) is 14.7. The van der Waals surface area contributed by atoms with Gasteiger partial charge in [-0.15, -0.1) is 0 Å². The van der Waals surface area contributed by atoms with E-state index in [1.807, 2.05) is 13.0 Å². The molecule has 14 nitrogen and oxygen atoms in total. The Balaban J connectivity index is 2.10. The number of guanidine groups is 1. The van der Waals surface area contributed by atoms with Crippen LogP contribution in [0.15, 0.2) is 64.5 Å². The van der Waals surface area contributed by atoms with E-state index in [1.165, 1.54) is 24.1 Å². The summed E-state index contributed by atoms with van der Waals surface area (Å²) in [5, 5.41) is 5.05. The van der Waals surface area contributed by atoms with Gasteiger partial charge in [-0.1, -0.05) is 55.0 Å². The molecule has 2 aromatic rings. The molecule has 0 heterocycles. The summed E-state index contributed by atoms with van der Waals surface area (Å²) in [4.78, 5) is 56.7. The van der Waals surface area contributed by atoms with Gasteiger partial charge in [-0.25, -0.2) is 17.9 Å². The van der Waals surface area contributed by atoms with Crippen molar-refractivity contribution in [2.75, 3.05) is 20.1 Å². The fourth-order valence-electron chi connectivity index (χ4n) is 4.18. The predicted molar refractivity (Wildman–Crippen MR) is 176 cm³/mol. The first-order valence-electron chi connectivity index (χ1n) is 15.1. The Hall–Kier alpha value is -4.66. The van der Waals surface area contributed by atoms with E-state index in [9.17, 15) is 27.6 Å². The highest BCUT2D eigenvalue weighted by atomic mass is 32.2. The number of aliphatic imine (C=N–C) groups is 1. The van der Waals surface area contributed by atoms with Gasteiger partial charge >= 0.3 is 12.1 Å². The molecule has 0 aliphatic carbocycles. The summed E-state index contributed by atoms with van der Waals surface area (Å²) in [7, 11) is -2.54. The average Bonchev–Trinajstić information content (AvgIpc) is 3.00. The molecule has 0 aromatic heterocycles. The number of nitrogens with one attached hydrogen (secondary N) is 3. The van der Waals surface area contributed by atoms with Gasteiger partial charge in [-0.3, -0.25) is 19.4 Å². The zero-order chi connectivity index (χ0) is 35.2. The molecule has 0 aliphatic heterocycles. The number of rotatable bonds is 15. The molecule has 0 aliphatic rings. The molecule has 0 fully saturated rings. The van der Waals surface area contributed by atoms with Gasteiger partial charge in [0.25, 0.3) is 10.0 Å². The zero-order valence-corrected chi connectivity index (χ0v) is 28.6. The lowest BCUT2D eigenvalue weighted by Crippen LogP contribution is -2.55. The second kappa shape index (κ2) is 17.9. The minimum atomic E-state index is -3.95. The molecule has 2 atom stereocenters. The van der Waals surface area contributed by atoms with Gasteiger partial charge in [0, 0.05) is 13.6 Å². The number of hydrogen-bond donors (Lipinski definition) is 4. The smallest absolute Gasteiger partial charge is 0.408 e. The van der Waals surface area contributed by atoms with Crippen molar-refractivity contribution in [2.24, 2.45) is 10.7 Å². The Labute approximate surface area is 276 Å². The largest absolute Gasteiger partial charge is 0.460 e. The molecule has 2 rings (SSSR count). The molecular weight excluding hydrogens is 628 g/mol. The van der Waals surface area contributed by atoms with Gasteiger partial charge in [0.05, 0.1) is 4.90 Å². The fourth-order valence-corrected chi connectivity index (χ4v) is 5.14. The second-order valence-electron chi connectivity index (χ2n) is 11.8. The third-order valence-corrected chi connectivity index (χ3v) is 8.02. The number of ether oxygens (including phenoxy) is 2. The third-order valence-electron chi connectivity index (χ3n) is 6.65. The first kappa shape index (κ1) is 38.5. The van der Waals surface area contributed by atoms with Crippen molar-refractivity contribution in [2.45, 2.75) is 83.1 Å². The maximum atomic E-state index is 13.4. The van der Waals surface area contributed by atoms with E-state index in [0.29, 0.717) is 0 Å². The number of hydrogen-bond acceptors (Lipinski definition) is 9. The van der Waals surface area contributed by atoms with E-state index in [2.05, 4.69) is 20.3 Å². The van der Waals surface area contributed by atoms with Crippen LogP contribution < -0.4 is 21.1 Å². The molecule has 258 valence electrons. The summed E-state index contributed by atoms with van der Waals surface area (Å²) in [5.41, 5.74) is 6.71. The predicted octanol–water partition coefficient (Wildman–Crippen LogP) is 2.36. The molecule has 0 unspecified atom stereocenters. The lowest BCUT2D eigenvalue weighted by molar-refractivity contribution is -0.146. The number of alkyl carbamates (subject to hydrolysis) is 1. The van der Waals surface area contributed by atoms with Crippen molar-refractivity contribution in [1.29, 1.82) is 0 Å². The molecule has 0 saturated heterocycles. The highest BCUT2D eigenvalue weighted by Crippen LogP contribution is 2.13. The molecule has 15 heteroatoms. The monoisotopic (exact) mass is 674 g/mol. The number of carbonyl (C=O) groups is 4. The lowest BCUT2D eigenvalue weighted by Gasteiger charge is -2.31. The van der Waals surface area contributed by atoms with Crippen LogP contribution in [0, 0.1) is 6.92 Å². The van der Waals surface area contributed by atoms with Crippen LogP contribution in [-0.2, 0) is 40.5 Å². The van der Waals surface area contributed by atoms with Crippen molar-refractivity contribution in [3.8, 4) is 0 Å². The Morgan fingerprint density at radius 3 is 2.26 bits per heavy atom. The Morgan fingerprint density at radius 2 is 1.66 bits per heavy atom. The van der Waals surface area contributed by atoms with Crippen molar-refractivity contribution in [3.05, 3.63) is 65.7 Å². The van der Waals surface area contributed by atoms with E-state index in [-0.39, 0.29) is 43.3 Å².